The van der Waals surface area contributed by atoms with Crippen LogP contribution in [0.2, 0.25) is 0 Å². The maximum atomic E-state index is 12.9. The predicted molar refractivity (Wildman–Crippen MR) is 103 cm³/mol. The molecular weight excluding hydrogens is 348 g/mol. The fourth-order valence-corrected chi connectivity index (χ4v) is 5.86. The molecule has 2 fully saturated rings. The number of hydrogen-bond acceptors (Lipinski definition) is 3. The molecule has 2 aliphatic rings. The minimum Gasteiger partial charge on any atom is -0.339 e. The third-order valence-electron chi connectivity index (χ3n) is 5.47. The maximum Gasteiger partial charge on any atom is 0.253 e. The van der Waals surface area contributed by atoms with Gasteiger partial charge >= 0.3 is 0 Å². The lowest BCUT2D eigenvalue weighted by Crippen LogP contribution is -2.42. The van der Waals surface area contributed by atoms with Crippen LogP contribution >= 0.6 is 0 Å². The largest absolute Gasteiger partial charge is 0.339 e. The number of carbonyl (C=O) groups is 1. The third kappa shape index (κ3) is 4.29. The van der Waals surface area contributed by atoms with Crippen molar-refractivity contribution in [3.05, 3.63) is 29.8 Å². The number of nitrogens with zero attached hydrogens (tertiary/aromatic N) is 2. The standard InChI is InChI=1S/C20H30N2O3S/c1-16-13-17(2)15-22(14-16)26(24,25)19-9-7-18(8-10-19)20(23)21-11-5-3-4-6-12-21/h7-10,16-17H,3-6,11-15H2,1-2H3. The molecule has 0 spiro atoms. The first-order valence-electron chi connectivity index (χ1n) is 9.77. The van der Waals surface area contributed by atoms with Crippen LogP contribution in [0.3, 0.4) is 0 Å². The van der Waals surface area contributed by atoms with Gasteiger partial charge in [0.1, 0.15) is 0 Å². The zero-order valence-electron chi connectivity index (χ0n) is 15.9. The van der Waals surface area contributed by atoms with Crippen molar-refractivity contribution >= 4 is 15.9 Å². The minimum atomic E-state index is -3.49. The van der Waals surface area contributed by atoms with E-state index in [9.17, 15) is 13.2 Å². The minimum absolute atomic E-state index is 0.0102. The first-order chi connectivity index (χ1) is 12.4. The van der Waals surface area contributed by atoms with Crippen LogP contribution in [0.5, 0.6) is 0 Å². The fourth-order valence-electron chi connectivity index (χ4n) is 4.18. The Labute approximate surface area is 157 Å². The van der Waals surface area contributed by atoms with Gasteiger partial charge in [-0.05, 0) is 55.4 Å². The number of benzene rings is 1. The highest BCUT2D eigenvalue weighted by atomic mass is 32.2. The van der Waals surface area contributed by atoms with Gasteiger partial charge in [-0.15, -0.1) is 0 Å². The number of piperidine rings is 1. The first-order valence-corrected chi connectivity index (χ1v) is 11.2. The predicted octanol–water partition coefficient (Wildman–Crippen LogP) is 3.37. The van der Waals surface area contributed by atoms with E-state index in [1.165, 1.54) is 12.8 Å². The smallest absolute Gasteiger partial charge is 0.253 e. The Bertz CT molecular complexity index is 712. The van der Waals surface area contributed by atoms with Crippen molar-refractivity contribution in [2.24, 2.45) is 11.8 Å². The molecule has 0 aromatic heterocycles. The van der Waals surface area contributed by atoms with Gasteiger partial charge in [0.25, 0.3) is 5.91 Å². The molecule has 5 nitrogen and oxygen atoms in total. The lowest BCUT2D eigenvalue weighted by atomic mass is 9.94. The number of likely N-dealkylation sites (tertiary alicyclic amines) is 1. The molecule has 1 aromatic rings. The van der Waals surface area contributed by atoms with Crippen LogP contribution in [0.1, 0.15) is 56.3 Å². The van der Waals surface area contributed by atoms with Crippen molar-refractivity contribution < 1.29 is 13.2 Å². The van der Waals surface area contributed by atoms with Crippen LogP contribution in [-0.2, 0) is 10.0 Å². The van der Waals surface area contributed by atoms with E-state index in [4.69, 9.17) is 0 Å². The van der Waals surface area contributed by atoms with E-state index < -0.39 is 10.0 Å². The van der Waals surface area contributed by atoms with Crippen LogP contribution in [0.25, 0.3) is 0 Å². The van der Waals surface area contributed by atoms with Crippen LogP contribution in [-0.4, -0.2) is 49.7 Å². The van der Waals surface area contributed by atoms with E-state index >= 15 is 0 Å². The molecule has 0 aliphatic carbocycles. The summed E-state index contributed by atoms with van der Waals surface area (Å²) in [5.41, 5.74) is 0.575. The lowest BCUT2D eigenvalue weighted by Gasteiger charge is -2.34. The number of rotatable bonds is 3. The molecule has 1 aromatic carbocycles. The first kappa shape index (κ1) is 19.4. The van der Waals surface area contributed by atoms with Crippen LogP contribution in [0, 0.1) is 11.8 Å². The second-order valence-corrected chi connectivity index (χ2v) is 9.94. The molecule has 2 atom stereocenters. The van der Waals surface area contributed by atoms with Crippen LogP contribution in [0.4, 0.5) is 0 Å². The van der Waals surface area contributed by atoms with Crippen molar-refractivity contribution in [3.63, 3.8) is 0 Å². The molecule has 0 bridgehead atoms. The Hall–Kier alpha value is -1.40. The van der Waals surface area contributed by atoms with Gasteiger partial charge in [-0.1, -0.05) is 26.7 Å². The van der Waals surface area contributed by atoms with Gasteiger partial charge in [0.15, 0.2) is 0 Å². The Morgan fingerprint density at radius 2 is 1.46 bits per heavy atom. The van der Waals surface area contributed by atoms with E-state index in [0.717, 1.165) is 32.4 Å². The summed E-state index contributed by atoms with van der Waals surface area (Å²) in [7, 11) is -3.49. The summed E-state index contributed by atoms with van der Waals surface area (Å²) in [6.45, 7) is 6.93. The zero-order chi connectivity index (χ0) is 18.7. The topological polar surface area (TPSA) is 57.7 Å². The molecule has 3 rings (SSSR count). The SMILES string of the molecule is CC1CC(C)CN(S(=O)(=O)c2ccc(C(=O)N3CCCCCC3)cc2)C1. The van der Waals surface area contributed by atoms with Gasteiger partial charge < -0.3 is 4.90 Å². The van der Waals surface area contributed by atoms with E-state index in [-0.39, 0.29) is 10.8 Å². The summed E-state index contributed by atoms with van der Waals surface area (Å²) in [4.78, 5) is 14.8. The molecule has 2 saturated heterocycles. The van der Waals surface area contributed by atoms with Crippen molar-refractivity contribution in [3.8, 4) is 0 Å². The highest BCUT2D eigenvalue weighted by Gasteiger charge is 2.31. The van der Waals surface area contributed by atoms with Crippen molar-refractivity contribution in [2.75, 3.05) is 26.2 Å². The molecule has 26 heavy (non-hydrogen) atoms. The van der Waals surface area contributed by atoms with Gasteiger partial charge in [0.2, 0.25) is 10.0 Å². The maximum absolute atomic E-state index is 12.9. The quantitative estimate of drug-likeness (QED) is 0.810. The fraction of sp³-hybridized carbons (Fsp3) is 0.650. The molecule has 0 N–H and O–H groups in total. The lowest BCUT2D eigenvalue weighted by molar-refractivity contribution is 0.0761. The molecule has 2 aliphatic heterocycles. The number of amides is 1. The van der Waals surface area contributed by atoms with Crippen molar-refractivity contribution in [1.82, 2.24) is 9.21 Å². The van der Waals surface area contributed by atoms with Crippen LogP contribution < -0.4 is 0 Å². The molecule has 144 valence electrons. The van der Waals surface area contributed by atoms with Gasteiger partial charge in [-0.3, -0.25) is 4.79 Å². The zero-order valence-corrected chi connectivity index (χ0v) is 16.7. The summed E-state index contributed by atoms with van der Waals surface area (Å²) < 4.78 is 27.5. The molecule has 2 heterocycles. The Morgan fingerprint density at radius 3 is 2.00 bits per heavy atom. The number of carbonyl (C=O) groups excluding carboxylic acids is 1. The summed E-state index contributed by atoms with van der Waals surface area (Å²) >= 11 is 0. The highest BCUT2D eigenvalue weighted by Crippen LogP contribution is 2.27. The summed E-state index contributed by atoms with van der Waals surface area (Å²) in [6, 6.07) is 6.50. The second-order valence-electron chi connectivity index (χ2n) is 8.00. The summed E-state index contributed by atoms with van der Waals surface area (Å²) in [5.74, 6) is 0.755. The van der Waals surface area contributed by atoms with E-state index in [0.29, 0.717) is 30.5 Å². The third-order valence-corrected chi connectivity index (χ3v) is 7.31. The average Bonchev–Trinajstić information content (AvgIpc) is 2.90. The molecule has 0 saturated carbocycles. The Kier molecular flexibility index (Phi) is 6.03. The van der Waals surface area contributed by atoms with E-state index in [2.05, 4.69) is 13.8 Å². The highest BCUT2D eigenvalue weighted by molar-refractivity contribution is 7.89. The van der Waals surface area contributed by atoms with Crippen LogP contribution in [0.15, 0.2) is 29.2 Å². The Morgan fingerprint density at radius 1 is 0.923 bits per heavy atom. The molecule has 1 amide bonds. The van der Waals surface area contributed by atoms with Gasteiger partial charge in [-0.25, -0.2) is 8.42 Å². The average molecular weight is 379 g/mol. The molecule has 2 unspecified atom stereocenters. The number of sulfonamides is 1. The van der Waals surface area contributed by atoms with Gasteiger partial charge in [-0.2, -0.15) is 4.31 Å². The second kappa shape index (κ2) is 8.09. The summed E-state index contributed by atoms with van der Waals surface area (Å²) in [5, 5.41) is 0. The molecule has 0 radical (unpaired) electrons. The molecule has 6 heteroatoms. The summed E-state index contributed by atoms with van der Waals surface area (Å²) in [6.07, 6.45) is 5.50. The monoisotopic (exact) mass is 378 g/mol. The Balaban J connectivity index is 1.75. The van der Waals surface area contributed by atoms with E-state index in [1.807, 2.05) is 4.90 Å². The number of hydrogen-bond donors (Lipinski definition) is 0. The van der Waals surface area contributed by atoms with Crippen molar-refractivity contribution in [1.29, 1.82) is 0 Å². The molecular formula is C20H30N2O3S. The van der Waals surface area contributed by atoms with Crippen molar-refractivity contribution in [2.45, 2.75) is 50.8 Å². The normalized spacial score (nSPS) is 25.7. The van der Waals surface area contributed by atoms with E-state index in [1.54, 1.807) is 28.6 Å². The van der Waals surface area contributed by atoms with Gasteiger partial charge in [0, 0.05) is 31.7 Å². The van der Waals surface area contributed by atoms with Gasteiger partial charge in [0.05, 0.1) is 4.90 Å².